The lowest BCUT2D eigenvalue weighted by Crippen LogP contribution is -2.22. The fraction of sp³-hybridized carbons (Fsp3) is 0.500. The van der Waals surface area contributed by atoms with E-state index in [9.17, 15) is 4.39 Å². The number of amidine groups is 1. The monoisotopic (exact) mass is 265 g/mol. The number of nitrogens with two attached hydrogens (primary N) is 1. The summed E-state index contributed by atoms with van der Waals surface area (Å²) < 4.78 is 18.6. The summed E-state index contributed by atoms with van der Waals surface area (Å²) in [5, 5.41) is 7.38. The van der Waals surface area contributed by atoms with Crippen LogP contribution in [0.2, 0.25) is 0 Å². The Morgan fingerprint density at radius 1 is 1.53 bits per heavy atom. The Morgan fingerprint density at radius 3 is 3.00 bits per heavy atom. The summed E-state index contributed by atoms with van der Waals surface area (Å²) in [6.07, 6.45) is 1.11. The van der Waals surface area contributed by atoms with E-state index < -0.39 is 0 Å². The van der Waals surface area contributed by atoms with E-state index in [0.29, 0.717) is 18.0 Å². The Balaban J connectivity index is 2.01. The van der Waals surface area contributed by atoms with Crippen molar-refractivity contribution in [1.82, 2.24) is 4.90 Å². The average Bonchev–Trinajstić information content (AvgIpc) is 2.76. The highest BCUT2D eigenvalue weighted by Crippen LogP contribution is 2.19. The molecule has 1 heterocycles. The molecule has 19 heavy (non-hydrogen) atoms. The zero-order chi connectivity index (χ0) is 13.8. The van der Waals surface area contributed by atoms with Gasteiger partial charge in [0.1, 0.15) is 11.7 Å². The van der Waals surface area contributed by atoms with E-state index >= 15 is 0 Å². The minimum atomic E-state index is -0.338. The fourth-order valence-corrected chi connectivity index (χ4v) is 2.58. The topological polar surface area (TPSA) is 62.3 Å². The van der Waals surface area contributed by atoms with Crippen molar-refractivity contribution in [1.29, 1.82) is 5.41 Å². The van der Waals surface area contributed by atoms with Gasteiger partial charge in [-0.3, -0.25) is 10.3 Å². The number of methoxy groups -OCH3 is 1. The molecule has 104 valence electrons. The van der Waals surface area contributed by atoms with Crippen LogP contribution in [0.5, 0.6) is 0 Å². The second-order valence-electron chi connectivity index (χ2n) is 5.11. The first kappa shape index (κ1) is 14.0. The van der Waals surface area contributed by atoms with Crippen molar-refractivity contribution < 1.29 is 9.13 Å². The Bertz CT molecular complexity index is 464. The molecule has 5 heteroatoms. The van der Waals surface area contributed by atoms with Gasteiger partial charge in [0.25, 0.3) is 0 Å². The van der Waals surface area contributed by atoms with E-state index in [-0.39, 0.29) is 11.7 Å². The molecule has 0 bridgehead atoms. The number of hydrogen-bond donors (Lipinski definition) is 2. The first-order chi connectivity index (χ1) is 9.08. The number of nitrogen functional groups attached to an aromatic ring is 1. The third kappa shape index (κ3) is 3.75. The van der Waals surface area contributed by atoms with Crippen LogP contribution in [0.25, 0.3) is 0 Å². The quantitative estimate of drug-likeness (QED) is 0.627. The summed E-state index contributed by atoms with van der Waals surface area (Å²) >= 11 is 0. The maximum absolute atomic E-state index is 13.5. The van der Waals surface area contributed by atoms with E-state index in [1.165, 1.54) is 12.1 Å². The summed E-state index contributed by atoms with van der Waals surface area (Å²) in [4.78, 5) is 2.28. The zero-order valence-electron chi connectivity index (χ0n) is 11.2. The van der Waals surface area contributed by atoms with Gasteiger partial charge in [-0.2, -0.15) is 0 Å². The summed E-state index contributed by atoms with van der Waals surface area (Å²) in [6.45, 7) is 3.44. The Kier molecular flexibility index (Phi) is 4.50. The summed E-state index contributed by atoms with van der Waals surface area (Å²) in [5.41, 5.74) is 6.72. The van der Waals surface area contributed by atoms with Crippen LogP contribution in [0.1, 0.15) is 17.5 Å². The van der Waals surface area contributed by atoms with Crippen LogP contribution in [-0.2, 0) is 11.3 Å². The van der Waals surface area contributed by atoms with Gasteiger partial charge in [0, 0.05) is 25.8 Å². The third-order valence-corrected chi connectivity index (χ3v) is 3.45. The van der Waals surface area contributed by atoms with Crippen LogP contribution in [-0.4, -0.2) is 37.5 Å². The van der Waals surface area contributed by atoms with Gasteiger partial charge in [0.2, 0.25) is 0 Å². The van der Waals surface area contributed by atoms with Crippen LogP contribution >= 0.6 is 0 Å². The van der Waals surface area contributed by atoms with Crippen LogP contribution in [0.4, 0.5) is 4.39 Å². The highest BCUT2D eigenvalue weighted by Gasteiger charge is 2.22. The van der Waals surface area contributed by atoms with Gasteiger partial charge < -0.3 is 10.5 Å². The van der Waals surface area contributed by atoms with Crippen molar-refractivity contribution in [3.8, 4) is 0 Å². The number of nitrogens with one attached hydrogen (secondary N) is 1. The van der Waals surface area contributed by atoms with Crippen molar-refractivity contribution in [3.63, 3.8) is 0 Å². The Hall–Kier alpha value is -1.46. The molecule has 0 spiro atoms. The summed E-state index contributed by atoms with van der Waals surface area (Å²) in [5.74, 6) is 0.126. The maximum Gasteiger partial charge on any atom is 0.124 e. The Labute approximate surface area is 112 Å². The number of ether oxygens (including phenoxy) is 1. The lowest BCUT2D eigenvalue weighted by Gasteiger charge is -2.16. The molecule has 0 amide bonds. The molecule has 0 radical (unpaired) electrons. The number of halogens is 1. The molecular formula is C14H20FN3O. The van der Waals surface area contributed by atoms with Crippen LogP contribution < -0.4 is 5.73 Å². The summed E-state index contributed by atoms with van der Waals surface area (Å²) in [7, 11) is 1.72. The van der Waals surface area contributed by atoms with E-state index in [4.69, 9.17) is 15.9 Å². The van der Waals surface area contributed by atoms with Crippen molar-refractivity contribution in [2.75, 3.05) is 26.8 Å². The van der Waals surface area contributed by atoms with E-state index in [0.717, 1.165) is 31.7 Å². The van der Waals surface area contributed by atoms with Gasteiger partial charge in [-0.05, 0) is 42.6 Å². The highest BCUT2D eigenvalue weighted by atomic mass is 19.1. The molecule has 1 saturated heterocycles. The zero-order valence-corrected chi connectivity index (χ0v) is 11.2. The van der Waals surface area contributed by atoms with Gasteiger partial charge in [-0.15, -0.1) is 0 Å². The van der Waals surface area contributed by atoms with Gasteiger partial charge >= 0.3 is 0 Å². The molecule has 1 aliphatic rings. The number of nitrogens with zero attached hydrogens (tertiary/aromatic N) is 1. The lowest BCUT2D eigenvalue weighted by atomic mass is 10.1. The van der Waals surface area contributed by atoms with Gasteiger partial charge in [-0.25, -0.2) is 4.39 Å². The second kappa shape index (κ2) is 6.12. The first-order valence-corrected chi connectivity index (χ1v) is 6.43. The van der Waals surface area contributed by atoms with Crippen LogP contribution in [0, 0.1) is 17.1 Å². The van der Waals surface area contributed by atoms with Crippen molar-refractivity contribution in [3.05, 3.63) is 35.1 Å². The summed E-state index contributed by atoms with van der Waals surface area (Å²) in [6, 6.07) is 4.59. The number of likely N-dealkylation sites (tertiary alicyclic amines) is 1. The van der Waals surface area contributed by atoms with Gasteiger partial charge in [0.05, 0.1) is 6.61 Å². The third-order valence-electron chi connectivity index (χ3n) is 3.45. The van der Waals surface area contributed by atoms with Crippen molar-refractivity contribution in [2.24, 2.45) is 11.7 Å². The fourth-order valence-electron chi connectivity index (χ4n) is 2.58. The molecule has 1 aromatic rings. The molecule has 1 aliphatic heterocycles. The minimum Gasteiger partial charge on any atom is -0.384 e. The highest BCUT2D eigenvalue weighted by molar-refractivity contribution is 5.95. The lowest BCUT2D eigenvalue weighted by molar-refractivity contribution is 0.152. The molecule has 0 aliphatic carbocycles. The van der Waals surface area contributed by atoms with Crippen LogP contribution in [0.3, 0.4) is 0 Å². The molecular weight excluding hydrogens is 245 g/mol. The predicted octanol–water partition coefficient (Wildman–Crippen LogP) is 1.58. The molecule has 2 rings (SSSR count). The van der Waals surface area contributed by atoms with E-state index in [1.807, 2.05) is 0 Å². The molecule has 1 fully saturated rings. The smallest absolute Gasteiger partial charge is 0.124 e. The number of hydrogen-bond acceptors (Lipinski definition) is 3. The van der Waals surface area contributed by atoms with E-state index in [2.05, 4.69) is 4.90 Å². The number of rotatable bonds is 5. The van der Waals surface area contributed by atoms with E-state index in [1.54, 1.807) is 13.2 Å². The van der Waals surface area contributed by atoms with Crippen molar-refractivity contribution >= 4 is 5.84 Å². The average molecular weight is 265 g/mol. The molecule has 0 aromatic heterocycles. The maximum atomic E-state index is 13.5. The molecule has 4 nitrogen and oxygen atoms in total. The molecule has 1 unspecified atom stereocenters. The van der Waals surface area contributed by atoms with Gasteiger partial charge in [0.15, 0.2) is 0 Å². The minimum absolute atomic E-state index is 0.0977. The largest absolute Gasteiger partial charge is 0.384 e. The van der Waals surface area contributed by atoms with Gasteiger partial charge in [-0.1, -0.05) is 0 Å². The van der Waals surface area contributed by atoms with Crippen LogP contribution in [0.15, 0.2) is 18.2 Å². The first-order valence-electron chi connectivity index (χ1n) is 6.43. The number of benzene rings is 1. The SMILES string of the molecule is COCC1CCN(Cc2cc(F)cc(C(=N)N)c2)C1. The molecule has 1 atom stereocenters. The second-order valence-corrected chi connectivity index (χ2v) is 5.11. The molecule has 3 N–H and O–H groups in total. The molecule has 1 aromatic carbocycles. The van der Waals surface area contributed by atoms with Crippen molar-refractivity contribution in [2.45, 2.75) is 13.0 Å². The standard InChI is InChI=1S/C14H20FN3O/c1-19-9-10-2-3-18(7-10)8-11-4-12(14(16)17)6-13(15)5-11/h4-6,10H,2-3,7-9H2,1H3,(H3,16,17). The Morgan fingerprint density at radius 2 is 2.32 bits per heavy atom. The molecule has 0 saturated carbocycles. The predicted molar refractivity (Wildman–Crippen MR) is 72.7 cm³/mol. The normalized spacial score (nSPS) is 19.8.